The molecule has 0 aliphatic rings. The number of urea groups is 1. The Kier molecular flexibility index (Phi) is 8.38. The van der Waals surface area contributed by atoms with E-state index in [1.165, 1.54) is 4.90 Å². The van der Waals surface area contributed by atoms with E-state index in [9.17, 15) is 14.4 Å². The normalized spacial score (nSPS) is 10.5. The molecule has 0 radical (unpaired) electrons. The summed E-state index contributed by atoms with van der Waals surface area (Å²) >= 11 is 0. The first-order valence-corrected chi connectivity index (χ1v) is 10.4. The maximum atomic E-state index is 12.5. The summed E-state index contributed by atoms with van der Waals surface area (Å²) in [6, 6.07) is 9.73. The number of carboxylic acids is 1. The van der Waals surface area contributed by atoms with Crippen LogP contribution in [0.15, 0.2) is 36.4 Å². The third-order valence-electron chi connectivity index (χ3n) is 4.85. The molecule has 7 N–H and O–H groups in total. The number of hydrogen-bond donors (Lipinski definition) is 6. The van der Waals surface area contributed by atoms with Crippen LogP contribution in [0.2, 0.25) is 0 Å². The van der Waals surface area contributed by atoms with Gasteiger partial charge in [0, 0.05) is 28.7 Å². The Morgan fingerprint density at radius 2 is 1.70 bits per heavy atom. The van der Waals surface area contributed by atoms with Crippen LogP contribution in [0.5, 0.6) is 0 Å². The molecule has 2 rings (SSSR count). The Labute approximate surface area is 192 Å². The van der Waals surface area contributed by atoms with Crippen molar-refractivity contribution in [3.05, 3.63) is 53.1 Å². The number of nitrogens with two attached hydrogens (primary N) is 1. The van der Waals surface area contributed by atoms with Gasteiger partial charge in [0.1, 0.15) is 12.4 Å². The zero-order valence-electron chi connectivity index (χ0n) is 19.2. The van der Waals surface area contributed by atoms with E-state index in [4.69, 9.17) is 16.2 Å². The number of hydrogen-bond acceptors (Lipinski definition) is 5. The minimum absolute atomic E-state index is 0.0241. The third-order valence-corrected chi connectivity index (χ3v) is 4.85. The molecule has 2 aromatic carbocycles. The molecule has 0 saturated heterocycles. The maximum Gasteiger partial charge on any atom is 0.323 e. The first-order chi connectivity index (χ1) is 15.5. The molecule has 0 spiro atoms. The van der Waals surface area contributed by atoms with E-state index in [1.807, 2.05) is 27.7 Å². The van der Waals surface area contributed by atoms with E-state index in [2.05, 4.69) is 16.0 Å². The number of nitrogens with one attached hydrogen (secondary N) is 4. The monoisotopic (exact) mass is 454 g/mol. The third kappa shape index (κ3) is 6.96. The van der Waals surface area contributed by atoms with Crippen LogP contribution in [-0.2, 0) is 9.59 Å². The maximum absolute atomic E-state index is 12.5. The van der Waals surface area contributed by atoms with Gasteiger partial charge in [0.15, 0.2) is 0 Å². The highest BCUT2D eigenvalue weighted by Gasteiger charge is 2.22. The van der Waals surface area contributed by atoms with Gasteiger partial charge >= 0.3 is 12.0 Å². The molecule has 0 aromatic heterocycles. The number of carbonyl (C=O) groups is 3. The molecule has 0 unspecified atom stereocenters. The zero-order valence-corrected chi connectivity index (χ0v) is 19.2. The second kappa shape index (κ2) is 11.0. The van der Waals surface area contributed by atoms with Crippen molar-refractivity contribution < 1.29 is 19.5 Å². The summed E-state index contributed by atoms with van der Waals surface area (Å²) in [6.45, 7) is 6.87. The molecule has 10 heteroatoms. The van der Waals surface area contributed by atoms with Crippen LogP contribution in [0.4, 0.5) is 21.9 Å². The highest BCUT2D eigenvalue weighted by Crippen LogP contribution is 2.29. The van der Waals surface area contributed by atoms with Crippen molar-refractivity contribution in [2.75, 3.05) is 28.6 Å². The van der Waals surface area contributed by atoms with Crippen molar-refractivity contribution in [2.45, 2.75) is 33.7 Å². The van der Waals surface area contributed by atoms with Gasteiger partial charge in [-0.15, -0.1) is 0 Å². The minimum atomic E-state index is -1.12. The lowest BCUT2D eigenvalue weighted by molar-refractivity contribution is -0.135. The van der Waals surface area contributed by atoms with Crippen LogP contribution in [-0.4, -0.2) is 48.0 Å². The van der Waals surface area contributed by atoms with Crippen LogP contribution < -0.4 is 26.6 Å². The number of aliphatic carboxylic acids is 1. The van der Waals surface area contributed by atoms with Crippen LogP contribution in [0.3, 0.4) is 0 Å². The first-order valence-electron chi connectivity index (χ1n) is 10.4. The number of benzene rings is 2. The SMILES string of the molecule is Cc1cc(N(C(=O)NCC(=O)O)C(C)C)c(C)cc1NC(=O)CNc1ccc(C(=N)N)cc1. The molecule has 0 heterocycles. The molecule has 0 saturated carbocycles. The van der Waals surface area contributed by atoms with Gasteiger partial charge in [0.05, 0.1) is 6.54 Å². The zero-order chi connectivity index (χ0) is 24.7. The highest BCUT2D eigenvalue weighted by molar-refractivity contribution is 5.98. The summed E-state index contributed by atoms with van der Waals surface area (Å²) in [4.78, 5) is 37.3. The smallest absolute Gasteiger partial charge is 0.323 e. The summed E-state index contributed by atoms with van der Waals surface area (Å²) in [5, 5.41) is 24.5. The highest BCUT2D eigenvalue weighted by atomic mass is 16.4. The van der Waals surface area contributed by atoms with Crippen molar-refractivity contribution in [2.24, 2.45) is 5.73 Å². The Morgan fingerprint density at radius 3 is 2.24 bits per heavy atom. The summed E-state index contributed by atoms with van der Waals surface area (Å²) in [5.41, 5.74) is 9.51. The number of amidine groups is 1. The lowest BCUT2D eigenvalue weighted by atomic mass is 10.1. The Hall–Kier alpha value is -4.08. The van der Waals surface area contributed by atoms with Crippen LogP contribution in [0, 0.1) is 19.3 Å². The van der Waals surface area contributed by atoms with E-state index in [0.29, 0.717) is 16.9 Å². The van der Waals surface area contributed by atoms with Gasteiger partial charge < -0.3 is 26.8 Å². The minimum Gasteiger partial charge on any atom is -0.480 e. The number of anilines is 3. The Balaban J connectivity index is 2.10. The predicted octanol–water partition coefficient (Wildman–Crippen LogP) is 2.65. The lowest BCUT2D eigenvalue weighted by Crippen LogP contribution is -2.46. The van der Waals surface area contributed by atoms with Crippen LogP contribution >= 0.6 is 0 Å². The van der Waals surface area contributed by atoms with Crippen molar-refractivity contribution in [1.29, 1.82) is 5.41 Å². The van der Waals surface area contributed by atoms with E-state index >= 15 is 0 Å². The molecule has 33 heavy (non-hydrogen) atoms. The number of carbonyl (C=O) groups excluding carboxylic acids is 2. The molecule has 10 nitrogen and oxygen atoms in total. The lowest BCUT2D eigenvalue weighted by Gasteiger charge is -2.29. The molecular weight excluding hydrogens is 424 g/mol. The van der Waals surface area contributed by atoms with Gasteiger partial charge in [-0.05, 0) is 75.2 Å². The van der Waals surface area contributed by atoms with Crippen molar-refractivity contribution in [3.8, 4) is 0 Å². The van der Waals surface area contributed by atoms with Gasteiger partial charge in [0.2, 0.25) is 5.91 Å². The van der Waals surface area contributed by atoms with Crippen molar-refractivity contribution in [1.82, 2.24) is 5.32 Å². The topological polar surface area (TPSA) is 161 Å². The standard InChI is InChI=1S/C23H30N6O4/c1-13(2)29(23(33)27-12-21(31)32)19-10-14(3)18(9-15(19)4)28-20(30)11-26-17-7-5-16(6-8-17)22(24)25/h5-10,13,26H,11-12H2,1-4H3,(H3,24,25)(H,27,33)(H,28,30)(H,31,32). The fourth-order valence-electron chi connectivity index (χ4n) is 3.20. The van der Waals surface area contributed by atoms with Gasteiger partial charge in [-0.2, -0.15) is 0 Å². The van der Waals surface area contributed by atoms with E-state index in [1.54, 1.807) is 36.4 Å². The number of nitrogen functional groups attached to an aromatic ring is 1. The summed E-state index contributed by atoms with van der Waals surface area (Å²) in [6.07, 6.45) is 0. The van der Waals surface area contributed by atoms with Gasteiger partial charge in [0.25, 0.3) is 0 Å². The molecule has 3 amide bonds. The fraction of sp³-hybridized carbons (Fsp3) is 0.304. The average Bonchev–Trinajstić information content (AvgIpc) is 2.74. The van der Waals surface area contributed by atoms with Crippen molar-refractivity contribution >= 4 is 40.8 Å². The molecule has 0 aliphatic heterocycles. The fourth-order valence-corrected chi connectivity index (χ4v) is 3.20. The quantitative estimate of drug-likeness (QED) is 0.252. The van der Waals surface area contributed by atoms with Crippen LogP contribution in [0.25, 0.3) is 0 Å². The summed E-state index contributed by atoms with van der Waals surface area (Å²) in [7, 11) is 0. The molecule has 0 atom stereocenters. The molecule has 0 aliphatic carbocycles. The summed E-state index contributed by atoms with van der Waals surface area (Å²) < 4.78 is 0. The predicted molar refractivity (Wildman–Crippen MR) is 129 cm³/mol. The number of amides is 3. The first kappa shape index (κ1) is 25.2. The van der Waals surface area contributed by atoms with Gasteiger partial charge in [-0.3, -0.25) is 19.9 Å². The van der Waals surface area contributed by atoms with Crippen molar-refractivity contribution in [3.63, 3.8) is 0 Å². The Bertz CT molecular complexity index is 1050. The second-order valence-corrected chi connectivity index (χ2v) is 7.86. The van der Waals surface area contributed by atoms with Gasteiger partial charge in [-0.1, -0.05) is 0 Å². The molecular formula is C23H30N6O4. The second-order valence-electron chi connectivity index (χ2n) is 7.86. The van der Waals surface area contributed by atoms with E-state index in [-0.39, 0.29) is 24.3 Å². The van der Waals surface area contributed by atoms with Gasteiger partial charge in [-0.25, -0.2) is 4.79 Å². The largest absolute Gasteiger partial charge is 0.480 e. The average molecular weight is 455 g/mol. The Morgan fingerprint density at radius 1 is 1.06 bits per heavy atom. The molecule has 0 fully saturated rings. The van der Waals surface area contributed by atoms with E-state index < -0.39 is 18.5 Å². The van der Waals surface area contributed by atoms with Crippen LogP contribution in [0.1, 0.15) is 30.5 Å². The number of nitrogens with zero attached hydrogens (tertiary/aromatic N) is 1. The number of aryl methyl sites for hydroxylation is 2. The van der Waals surface area contributed by atoms with E-state index in [0.717, 1.165) is 16.8 Å². The molecule has 0 bridgehead atoms. The molecule has 2 aromatic rings. The number of carboxylic acid groups (broad SMARTS) is 1. The summed E-state index contributed by atoms with van der Waals surface area (Å²) in [5.74, 6) is -1.40. The molecule has 176 valence electrons. The number of rotatable bonds is 9.